The minimum absolute atomic E-state index is 0.00165. The summed E-state index contributed by atoms with van der Waals surface area (Å²) in [6.07, 6.45) is 3.43. The first kappa shape index (κ1) is 16.6. The third-order valence-corrected chi connectivity index (χ3v) is 4.67. The molecule has 1 aromatic rings. The van der Waals surface area contributed by atoms with Crippen LogP contribution < -0.4 is 5.32 Å². The van der Waals surface area contributed by atoms with E-state index in [9.17, 15) is 9.59 Å². The average molecular weight is 306 g/mol. The van der Waals surface area contributed by atoms with Crippen LogP contribution in [0.3, 0.4) is 0 Å². The molecule has 0 aliphatic heterocycles. The number of carboxylic acid groups (broad SMARTS) is 1. The number of rotatable bonds is 5. The maximum atomic E-state index is 12.7. The molecule has 1 aliphatic carbocycles. The minimum Gasteiger partial charge on any atom is -0.481 e. The first-order valence-electron chi connectivity index (χ1n) is 7.98. The summed E-state index contributed by atoms with van der Waals surface area (Å²) in [6.45, 7) is 8.11. The van der Waals surface area contributed by atoms with E-state index in [1.165, 1.54) is 0 Å². The van der Waals surface area contributed by atoms with Crippen molar-refractivity contribution in [3.05, 3.63) is 23.0 Å². The normalized spacial score (nSPS) is 17.0. The van der Waals surface area contributed by atoms with Gasteiger partial charge in [0, 0.05) is 17.4 Å². The largest absolute Gasteiger partial charge is 0.481 e. The van der Waals surface area contributed by atoms with Gasteiger partial charge < -0.3 is 15.0 Å². The zero-order valence-electron chi connectivity index (χ0n) is 13.9. The third-order valence-electron chi connectivity index (χ3n) is 4.67. The number of aromatic nitrogens is 1. The molecule has 0 unspecified atom stereocenters. The van der Waals surface area contributed by atoms with Crippen molar-refractivity contribution in [1.82, 2.24) is 9.88 Å². The van der Waals surface area contributed by atoms with Crippen molar-refractivity contribution in [1.29, 1.82) is 0 Å². The molecule has 0 aromatic carbocycles. The fourth-order valence-electron chi connectivity index (χ4n) is 3.80. The molecule has 22 heavy (non-hydrogen) atoms. The first-order valence-corrected chi connectivity index (χ1v) is 7.98. The lowest BCUT2D eigenvalue weighted by atomic mass is 9.92. The van der Waals surface area contributed by atoms with E-state index in [-0.39, 0.29) is 12.3 Å². The van der Waals surface area contributed by atoms with Crippen LogP contribution in [0.4, 0.5) is 0 Å². The monoisotopic (exact) mass is 306 g/mol. The lowest BCUT2D eigenvalue weighted by molar-refractivity contribution is -0.138. The highest BCUT2D eigenvalue weighted by atomic mass is 16.4. The number of nitrogens with zero attached hydrogens (tertiary/aromatic N) is 1. The molecule has 1 fully saturated rings. The standard InChI is InChI=1S/C17H26N2O3/c1-11(2)19-12(3)9-14(13(19)4)16(22)18-17(10-15(20)21)7-5-6-8-17/h9,11H,5-8,10H2,1-4H3,(H,18,22)(H,20,21). The van der Waals surface area contributed by atoms with Gasteiger partial charge in [0.2, 0.25) is 0 Å². The van der Waals surface area contributed by atoms with Crippen LogP contribution in [0.1, 0.15) is 73.7 Å². The second-order valence-electron chi connectivity index (χ2n) is 6.76. The van der Waals surface area contributed by atoms with E-state index in [0.717, 1.165) is 37.1 Å². The van der Waals surface area contributed by atoms with E-state index in [2.05, 4.69) is 23.7 Å². The van der Waals surface area contributed by atoms with E-state index in [4.69, 9.17) is 5.11 Å². The van der Waals surface area contributed by atoms with Gasteiger partial charge in [0.05, 0.1) is 17.5 Å². The Morgan fingerprint density at radius 3 is 2.36 bits per heavy atom. The lowest BCUT2D eigenvalue weighted by Gasteiger charge is -2.28. The van der Waals surface area contributed by atoms with Gasteiger partial charge in [-0.05, 0) is 46.6 Å². The van der Waals surface area contributed by atoms with Crippen molar-refractivity contribution in [2.24, 2.45) is 0 Å². The summed E-state index contributed by atoms with van der Waals surface area (Å²) in [7, 11) is 0. The van der Waals surface area contributed by atoms with Crippen LogP contribution in [0, 0.1) is 13.8 Å². The van der Waals surface area contributed by atoms with Crippen molar-refractivity contribution in [2.45, 2.75) is 71.4 Å². The Morgan fingerprint density at radius 1 is 1.32 bits per heavy atom. The van der Waals surface area contributed by atoms with Crippen LogP contribution in [0.5, 0.6) is 0 Å². The van der Waals surface area contributed by atoms with Crippen LogP contribution in [0.2, 0.25) is 0 Å². The Bertz CT molecular complexity index is 581. The van der Waals surface area contributed by atoms with E-state index < -0.39 is 11.5 Å². The molecule has 1 amide bonds. The van der Waals surface area contributed by atoms with Gasteiger partial charge in [-0.1, -0.05) is 12.8 Å². The number of amides is 1. The van der Waals surface area contributed by atoms with Gasteiger partial charge in [0.25, 0.3) is 5.91 Å². The number of aryl methyl sites for hydroxylation is 1. The summed E-state index contributed by atoms with van der Waals surface area (Å²) in [6, 6.07) is 2.19. The van der Waals surface area contributed by atoms with Gasteiger partial charge >= 0.3 is 5.97 Å². The summed E-state index contributed by atoms with van der Waals surface area (Å²) in [4.78, 5) is 23.8. The molecule has 5 heteroatoms. The molecule has 1 aliphatic rings. The molecule has 0 spiro atoms. The van der Waals surface area contributed by atoms with Crippen LogP contribution in [0.15, 0.2) is 6.07 Å². The summed E-state index contributed by atoms with van der Waals surface area (Å²) in [5, 5.41) is 12.2. The number of carboxylic acids is 1. The van der Waals surface area contributed by atoms with Crippen molar-refractivity contribution >= 4 is 11.9 Å². The Morgan fingerprint density at radius 2 is 1.91 bits per heavy atom. The van der Waals surface area contributed by atoms with Gasteiger partial charge in [0.15, 0.2) is 0 Å². The number of hydrogen-bond donors (Lipinski definition) is 2. The van der Waals surface area contributed by atoms with Gasteiger partial charge in [-0.15, -0.1) is 0 Å². The molecular weight excluding hydrogens is 280 g/mol. The minimum atomic E-state index is -0.852. The molecule has 2 rings (SSSR count). The number of carbonyl (C=O) groups is 2. The molecule has 122 valence electrons. The Labute approximate surface area is 131 Å². The summed E-state index contributed by atoms with van der Waals surface area (Å²) < 4.78 is 2.13. The SMILES string of the molecule is Cc1cc(C(=O)NC2(CC(=O)O)CCCC2)c(C)n1C(C)C. The molecular formula is C17H26N2O3. The summed E-state index contributed by atoms with van der Waals surface area (Å²) in [5.41, 5.74) is 2.07. The second kappa shape index (κ2) is 6.15. The van der Waals surface area contributed by atoms with E-state index in [0.29, 0.717) is 11.6 Å². The van der Waals surface area contributed by atoms with Crippen LogP contribution >= 0.6 is 0 Å². The third kappa shape index (κ3) is 3.18. The maximum absolute atomic E-state index is 12.7. The van der Waals surface area contributed by atoms with Crippen LogP contribution in [-0.4, -0.2) is 27.1 Å². The molecule has 1 saturated carbocycles. The molecule has 2 N–H and O–H groups in total. The quantitative estimate of drug-likeness (QED) is 0.877. The smallest absolute Gasteiger partial charge is 0.305 e. The number of carbonyl (C=O) groups excluding carboxylic acids is 1. The summed E-state index contributed by atoms with van der Waals surface area (Å²) in [5.74, 6) is -1.00. The van der Waals surface area contributed by atoms with Crippen molar-refractivity contribution in [2.75, 3.05) is 0 Å². The van der Waals surface area contributed by atoms with Crippen molar-refractivity contribution in [3.63, 3.8) is 0 Å². The van der Waals surface area contributed by atoms with Gasteiger partial charge in [-0.25, -0.2) is 0 Å². The average Bonchev–Trinajstić information content (AvgIpc) is 2.93. The Balaban J connectivity index is 2.25. The van der Waals surface area contributed by atoms with Crippen molar-refractivity contribution < 1.29 is 14.7 Å². The Kier molecular flexibility index (Phi) is 4.63. The molecule has 0 bridgehead atoms. The van der Waals surface area contributed by atoms with E-state index in [1.807, 2.05) is 19.9 Å². The fraction of sp³-hybridized carbons (Fsp3) is 0.647. The van der Waals surface area contributed by atoms with E-state index >= 15 is 0 Å². The highest BCUT2D eigenvalue weighted by Gasteiger charge is 2.38. The molecule has 1 heterocycles. The number of aliphatic carboxylic acids is 1. The zero-order chi connectivity index (χ0) is 16.5. The predicted molar refractivity (Wildman–Crippen MR) is 85.2 cm³/mol. The molecule has 1 aromatic heterocycles. The van der Waals surface area contributed by atoms with E-state index in [1.54, 1.807) is 0 Å². The van der Waals surface area contributed by atoms with Crippen LogP contribution in [0.25, 0.3) is 0 Å². The molecule has 0 atom stereocenters. The molecule has 5 nitrogen and oxygen atoms in total. The fourth-order valence-corrected chi connectivity index (χ4v) is 3.80. The Hall–Kier alpha value is -1.78. The highest BCUT2D eigenvalue weighted by molar-refractivity contribution is 5.96. The zero-order valence-corrected chi connectivity index (χ0v) is 13.9. The van der Waals surface area contributed by atoms with Gasteiger partial charge in [-0.2, -0.15) is 0 Å². The van der Waals surface area contributed by atoms with Gasteiger partial charge in [0.1, 0.15) is 0 Å². The van der Waals surface area contributed by atoms with Gasteiger partial charge in [-0.3, -0.25) is 9.59 Å². The second-order valence-corrected chi connectivity index (χ2v) is 6.76. The lowest BCUT2D eigenvalue weighted by Crippen LogP contribution is -2.47. The predicted octanol–water partition coefficient (Wildman–Crippen LogP) is 3.20. The maximum Gasteiger partial charge on any atom is 0.305 e. The number of nitrogens with one attached hydrogen (secondary N) is 1. The summed E-state index contributed by atoms with van der Waals surface area (Å²) >= 11 is 0. The number of hydrogen-bond acceptors (Lipinski definition) is 2. The van der Waals surface area contributed by atoms with Crippen molar-refractivity contribution in [3.8, 4) is 0 Å². The first-order chi connectivity index (χ1) is 10.3. The van der Waals surface area contributed by atoms with Crippen LogP contribution in [-0.2, 0) is 4.79 Å². The molecule has 0 radical (unpaired) electrons. The topological polar surface area (TPSA) is 71.3 Å². The highest BCUT2D eigenvalue weighted by Crippen LogP contribution is 2.33. The molecule has 0 saturated heterocycles.